The average molecular weight is 393 g/mol. The molecule has 2 aromatic carbocycles. The van der Waals surface area contributed by atoms with Crippen molar-refractivity contribution in [3.63, 3.8) is 0 Å². The van der Waals surface area contributed by atoms with E-state index in [-0.39, 0.29) is 31.6 Å². The van der Waals surface area contributed by atoms with Crippen molar-refractivity contribution in [2.45, 2.75) is 6.42 Å². The fraction of sp³-hybridized carbons (Fsp3) is 0.222. The first-order valence-corrected chi connectivity index (χ1v) is 8.73. The number of carbonyl (C=O) groups is 2. The number of benzene rings is 2. The normalized spacial score (nSPS) is 18.3. The van der Waals surface area contributed by atoms with Crippen molar-refractivity contribution in [1.29, 1.82) is 0 Å². The number of carbonyl (C=O) groups excluding carboxylic acids is 2. The summed E-state index contributed by atoms with van der Waals surface area (Å²) in [5, 5.41) is 3.61. The molecule has 8 heteroatoms. The van der Waals surface area contributed by atoms with Gasteiger partial charge in [-0.05, 0) is 30.3 Å². The van der Waals surface area contributed by atoms with Gasteiger partial charge in [0, 0.05) is 30.4 Å². The van der Waals surface area contributed by atoms with Crippen LogP contribution in [0.1, 0.15) is 6.42 Å². The highest BCUT2D eigenvalue weighted by atomic mass is 35.5. The van der Waals surface area contributed by atoms with E-state index >= 15 is 0 Å². The van der Waals surface area contributed by atoms with Crippen LogP contribution in [0.3, 0.4) is 0 Å². The number of nitrogens with zero attached hydrogens (tertiary/aromatic N) is 1. The van der Waals surface area contributed by atoms with E-state index in [1.165, 1.54) is 0 Å². The number of ether oxygens (including phenoxy) is 2. The summed E-state index contributed by atoms with van der Waals surface area (Å²) in [6.45, 7) is 0.454. The highest BCUT2D eigenvalue weighted by Crippen LogP contribution is 2.35. The van der Waals surface area contributed by atoms with Gasteiger partial charge < -0.3 is 19.7 Å². The summed E-state index contributed by atoms with van der Waals surface area (Å²) in [5.41, 5.74) is 1.22. The van der Waals surface area contributed by atoms with Crippen LogP contribution in [0.25, 0.3) is 0 Å². The maximum atomic E-state index is 12.5. The van der Waals surface area contributed by atoms with Gasteiger partial charge in [-0.2, -0.15) is 0 Å². The molecular formula is C18H14Cl2N2O4. The molecule has 1 N–H and O–H groups in total. The summed E-state index contributed by atoms with van der Waals surface area (Å²) in [4.78, 5) is 26.4. The summed E-state index contributed by atoms with van der Waals surface area (Å²) < 4.78 is 10.5. The Hall–Kier alpha value is -2.44. The molecule has 1 atom stereocenters. The second kappa shape index (κ2) is 6.70. The molecule has 2 aliphatic heterocycles. The molecule has 0 radical (unpaired) electrons. The lowest BCUT2D eigenvalue weighted by Gasteiger charge is -2.17. The molecule has 1 saturated heterocycles. The Kier molecular flexibility index (Phi) is 4.38. The number of hydrogen-bond acceptors (Lipinski definition) is 4. The van der Waals surface area contributed by atoms with Crippen molar-refractivity contribution < 1.29 is 19.1 Å². The van der Waals surface area contributed by atoms with Crippen LogP contribution in [-0.4, -0.2) is 25.2 Å². The second-order valence-corrected chi connectivity index (χ2v) is 6.88. The predicted molar refractivity (Wildman–Crippen MR) is 98.1 cm³/mol. The minimum Gasteiger partial charge on any atom is -0.454 e. The zero-order valence-corrected chi connectivity index (χ0v) is 15.0. The largest absolute Gasteiger partial charge is 0.454 e. The van der Waals surface area contributed by atoms with Crippen molar-refractivity contribution >= 4 is 46.4 Å². The molecule has 0 aliphatic carbocycles. The molecule has 2 aliphatic rings. The number of halogens is 2. The van der Waals surface area contributed by atoms with Crippen LogP contribution in [0.5, 0.6) is 11.5 Å². The molecule has 2 heterocycles. The molecule has 6 nitrogen and oxygen atoms in total. The number of anilines is 2. The zero-order valence-electron chi connectivity index (χ0n) is 13.5. The van der Waals surface area contributed by atoms with E-state index in [1.807, 2.05) is 0 Å². The molecule has 134 valence electrons. The van der Waals surface area contributed by atoms with Crippen molar-refractivity contribution in [3.05, 3.63) is 46.4 Å². The molecular weight excluding hydrogens is 379 g/mol. The summed E-state index contributed by atoms with van der Waals surface area (Å²) in [6, 6.07) is 10.1. The third-order valence-corrected chi connectivity index (χ3v) is 5.09. The van der Waals surface area contributed by atoms with Gasteiger partial charge in [0.1, 0.15) is 0 Å². The number of amides is 2. The Bertz CT molecular complexity index is 903. The number of rotatable bonds is 3. The van der Waals surface area contributed by atoms with Gasteiger partial charge in [-0.25, -0.2) is 0 Å². The zero-order chi connectivity index (χ0) is 18.3. The maximum absolute atomic E-state index is 12.5. The standard InChI is InChI=1S/C18H14Cl2N2O4/c19-13-3-2-12(7-14(13)20)22-8-10(5-17(22)23)18(24)21-11-1-4-15-16(6-11)26-9-25-15/h1-4,6-7,10H,5,8-9H2,(H,21,24). The van der Waals surface area contributed by atoms with Crippen LogP contribution in [0.2, 0.25) is 10.0 Å². The SMILES string of the molecule is O=C(Nc1ccc2c(c1)OCO2)C1CC(=O)N(c2ccc(Cl)c(Cl)c2)C1. The predicted octanol–water partition coefficient (Wildman–Crippen LogP) is 3.71. The van der Waals surface area contributed by atoms with Crippen LogP contribution in [0.15, 0.2) is 36.4 Å². The van der Waals surface area contributed by atoms with Crippen molar-refractivity contribution in [1.82, 2.24) is 0 Å². The van der Waals surface area contributed by atoms with Gasteiger partial charge in [0.15, 0.2) is 11.5 Å². The highest BCUT2D eigenvalue weighted by molar-refractivity contribution is 6.42. The first kappa shape index (κ1) is 17.0. The lowest BCUT2D eigenvalue weighted by Crippen LogP contribution is -2.28. The average Bonchev–Trinajstić information content (AvgIpc) is 3.23. The van der Waals surface area contributed by atoms with E-state index in [0.29, 0.717) is 32.9 Å². The van der Waals surface area contributed by atoms with E-state index in [0.717, 1.165) is 0 Å². The lowest BCUT2D eigenvalue weighted by molar-refractivity contribution is -0.122. The number of nitrogens with one attached hydrogen (secondary N) is 1. The maximum Gasteiger partial charge on any atom is 0.231 e. The fourth-order valence-electron chi connectivity index (χ4n) is 3.00. The van der Waals surface area contributed by atoms with Gasteiger partial charge in [0.2, 0.25) is 18.6 Å². The monoisotopic (exact) mass is 392 g/mol. The summed E-state index contributed by atoms with van der Waals surface area (Å²) >= 11 is 11.9. The molecule has 4 rings (SSSR count). The van der Waals surface area contributed by atoms with E-state index in [1.54, 1.807) is 41.3 Å². The number of hydrogen-bond donors (Lipinski definition) is 1. The van der Waals surface area contributed by atoms with Gasteiger partial charge in [0.05, 0.1) is 16.0 Å². The van der Waals surface area contributed by atoms with Gasteiger partial charge >= 0.3 is 0 Å². The molecule has 0 saturated carbocycles. The highest BCUT2D eigenvalue weighted by Gasteiger charge is 2.35. The lowest BCUT2D eigenvalue weighted by atomic mass is 10.1. The Balaban J connectivity index is 1.46. The topological polar surface area (TPSA) is 67.9 Å². The van der Waals surface area contributed by atoms with E-state index in [4.69, 9.17) is 32.7 Å². The van der Waals surface area contributed by atoms with Crippen LogP contribution in [0, 0.1) is 5.92 Å². The molecule has 1 unspecified atom stereocenters. The van der Waals surface area contributed by atoms with Crippen molar-refractivity contribution in [2.24, 2.45) is 5.92 Å². The van der Waals surface area contributed by atoms with E-state index in [9.17, 15) is 9.59 Å². The van der Waals surface area contributed by atoms with Gasteiger partial charge in [-0.3, -0.25) is 9.59 Å². The van der Waals surface area contributed by atoms with E-state index < -0.39 is 5.92 Å². The third kappa shape index (κ3) is 3.18. The smallest absolute Gasteiger partial charge is 0.231 e. The molecule has 0 spiro atoms. The Labute approximate surface area is 159 Å². The fourth-order valence-corrected chi connectivity index (χ4v) is 3.30. The first-order chi connectivity index (χ1) is 12.5. The van der Waals surface area contributed by atoms with E-state index in [2.05, 4.69) is 5.32 Å². The first-order valence-electron chi connectivity index (χ1n) is 7.97. The van der Waals surface area contributed by atoms with Crippen LogP contribution < -0.4 is 19.7 Å². The summed E-state index contributed by atoms with van der Waals surface area (Å²) in [7, 11) is 0. The van der Waals surface area contributed by atoms with Crippen LogP contribution in [0.4, 0.5) is 11.4 Å². The Morgan fingerprint density at radius 1 is 1.08 bits per heavy atom. The molecule has 1 fully saturated rings. The molecule has 0 bridgehead atoms. The molecule has 2 amide bonds. The quantitative estimate of drug-likeness (QED) is 0.864. The van der Waals surface area contributed by atoms with Gasteiger partial charge in [0.25, 0.3) is 0 Å². The number of fused-ring (bicyclic) bond motifs is 1. The summed E-state index contributed by atoms with van der Waals surface area (Å²) in [5.74, 6) is 0.420. The molecule has 26 heavy (non-hydrogen) atoms. The van der Waals surface area contributed by atoms with Gasteiger partial charge in [-0.15, -0.1) is 0 Å². The van der Waals surface area contributed by atoms with Crippen LogP contribution in [-0.2, 0) is 9.59 Å². The van der Waals surface area contributed by atoms with Crippen molar-refractivity contribution in [2.75, 3.05) is 23.6 Å². The third-order valence-electron chi connectivity index (χ3n) is 4.35. The second-order valence-electron chi connectivity index (χ2n) is 6.06. The minimum atomic E-state index is -0.456. The molecule has 2 aromatic rings. The van der Waals surface area contributed by atoms with Gasteiger partial charge in [-0.1, -0.05) is 23.2 Å². The Morgan fingerprint density at radius 2 is 1.88 bits per heavy atom. The minimum absolute atomic E-state index is 0.130. The van der Waals surface area contributed by atoms with Crippen LogP contribution >= 0.6 is 23.2 Å². The molecule has 0 aromatic heterocycles. The Morgan fingerprint density at radius 3 is 2.69 bits per heavy atom. The summed E-state index contributed by atoms with van der Waals surface area (Å²) in [6.07, 6.45) is 0.136. The van der Waals surface area contributed by atoms with Crippen molar-refractivity contribution in [3.8, 4) is 11.5 Å².